The highest BCUT2D eigenvalue weighted by atomic mass is 19.4. The quantitative estimate of drug-likeness (QED) is 0.875. The fourth-order valence-electron chi connectivity index (χ4n) is 3.71. The van der Waals surface area contributed by atoms with E-state index >= 15 is 0 Å². The number of aromatic nitrogens is 1. The van der Waals surface area contributed by atoms with Crippen LogP contribution in [0.4, 0.5) is 24.7 Å². The second-order valence-corrected chi connectivity index (χ2v) is 6.91. The molecule has 1 N–H and O–H groups in total. The van der Waals surface area contributed by atoms with Crippen molar-refractivity contribution in [3.8, 4) is 0 Å². The van der Waals surface area contributed by atoms with E-state index in [-0.39, 0.29) is 24.1 Å². The molecule has 5 nitrogen and oxygen atoms in total. The van der Waals surface area contributed by atoms with Crippen LogP contribution in [0.1, 0.15) is 17.5 Å². The number of piperazine rings is 1. The predicted octanol–water partition coefficient (Wildman–Crippen LogP) is 3.13. The summed E-state index contributed by atoms with van der Waals surface area (Å²) in [5.41, 5.74) is 0.467. The molecule has 1 fully saturated rings. The van der Waals surface area contributed by atoms with Gasteiger partial charge in [-0.2, -0.15) is 13.2 Å². The van der Waals surface area contributed by atoms with Crippen LogP contribution in [0.25, 0.3) is 0 Å². The highest BCUT2D eigenvalue weighted by molar-refractivity contribution is 5.96. The molecule has 8 heteroatoms. The summed E-state index contributed by atoms with van der Waals surface area (Å²) in [7, 11) is 0. The number of pyridine rings is 1. The first kappa shape index (κ1) is 17.8. The van der Waals surface area contributed by atoms with Gasteiger partial charge in [0.15, 0.2) is 5.82 Å². The molecule has 1 saturated heterocycles. The molecule has 142 valence electrons. The van der Waals surface area contributed by atoms with Crippen LogP contribution in [0.3, 0.4) is 0 Å². The summed E-state index contributed by atoms with van der Waals surface area (Å²) >= 11 is 0. The molecule has 0 radical (unpaired) electrons. The van der Waals surface area contributed by atoms with Crippen molar-refractivity contribution >= 4 is 17.4 Å². The Labute approximate surface area is 154 Å². The number of anilines is 2. The van der Waals surface area contributed by atoms with Gasteiger partial charge in [-0.25, -0.2) is 4.98 Å². The summed E-state index contributed by atoms with van der Waals surface area (Å²) in [5, 5.41) is 2.59. The average Bonchev–Trinajstić information content (AvgIpc) is 2.76. The molecule has 1 aromatic carbocycles. The van der Waals surface area contributed by atoms with Crippen molar-refractivity contribution in [1.82, 2.24) is 9.88 Å². The second kappa shape index (κ2) is 6.84. The van der Waals surface area contributed by atoms with Crippen LogP contribution in [0, 0.1) is 0 Å². The summed E-state index contributed by atoms with van der Waals surface area (Å²) < 4.78 is 38.9. The third-order valence-electron chi connectivity index (χ3n) is 4.98. The van der Waals surface area contributed by atoms with E-state index in [1.54, 1.807) is 0 Å². The number of carbonyl (C=O) groups excluding carboxylic acids is 1. The van der Waals surface area contributed by atoms with Crippen molar-refractivity contribution in [3.63, 3.8) is 0 Å². The minimum atomic E-state index is -4.49. The Balaban J connectivity index is 1.57. The summed E-state index contributed by atoms with van der Waals surface area (Å²) in [5.74, 6) is 0.129. The van der Waals surface area contributed by atoms with Crippen LogP contribution in [0.5, 0.6) is 0 Å². The zero-order valence-corrected chi connectivity index (χ0v) is 14.5. The summed E-state index contributed by atoms with van der Waals surface area (Å²) in [6.45, 7) is 2.80. The lowest BCUT2D eigenvalue weighted by Gasteiger charge is -2.41. The van der Waals surface area contributed by atoms with Crippen molar-refractivity contribution in [3.05, 3.63) is 53.7 Å². The molecule has 4 rings (SSSR count). The smallest absolute Gasteiger partial charge is 0.349 e. The van der Waals surface area contributed by atoms with Crippen LogP contribution in [0.15, 0.2) is 42.6 Å². The molecule has 0 aliphatic carbocycles. The molecule has 2 aliphatic rings. The molecule has 1 amide bonds. The van der Waals surface area contributed by atoms with Gasteiger partial charge in [-0.15, -0.1) is 0 Å². The van der Waals surface area contributed by atoms with Gasteiger partial charge in [0.05, 0.1) is 17.3 Å². The van der Waals surface area contributed by atoms with Gasteiger partial charge in [-0.1, -0.05) is 30.3 Å². The number of hydrogen-bond donors (Lipinski definition) is 1. The molecular formula is C19H19F3N4O. The van der Waals surface area contributed by atoms with E-state index in [1.165, 1.54) is 5.56 Å². The number of fused-ring (bicyclic) bond motifs is 3. The summed E-state index contributed by atoms with van der Waals surface area (Å²) in [6.07, 6.45) is -3.43. The maximum absolute atomic E-state index is 13.0. The molecule has 0 spiro atoms. The Kier molecular flexibility index (Phi) is 4.51. The van der Waals surface area contributed by atoms with Crippen molar-refractivity contribution in [2.45, 2.75) is 25.2 Å². The molecule has 0 bridgehead atoms. The van der Waals surface area contributed by atoms with Gasteiger partial charge in [-0.05, 0) is 11.6 Å². The Morgan fingerprint density at radius 2 is 1.96 bits per heavy atom. The molecule has 1 aromatic heterocycles. The first-order valence-corrected chi connectivity index (χ1v) is 8.80. The van der Waals surface area contributed by atoms with E-state index in [9.17, 15) is 18.0 Å². The normalized spacial score (nSPS) is 20.5. The minimum Gasteiger partial charge on any atom is -0.349 e. The van der Waals surface area contributed by atoms with Crippen molar-refractivity contribution in [2.75, 3.05) is 29.9 Å². The summed E-state index contributed by atoms with van der Waals surface area (Å²) in [4.78, 5) is 20.5. The van der Waals surface area contributed by atoms with Gasteiger partial charge in [0.2, 0.25) is 5.91 Å². The number of alkyl halides is 3. The predicted molar refractivity (Wildman–Crippen MR) is 95.3 cm³/mol. The number of benzene rings is 1. The van der Waals surface area contributed by atoms with Crippen LogP contribution in [0.2, 0.25) is 0 Å². The van der Waals surface area contributed by atoms with E-state index in [1.807, 2.05) is 23.1 Å². The standard InChI is InChI=1S/C19H19F3N4O/c20-19(21,22)14-8-16-18(23-10-14)26-7-6-25(11-13-4-2-1-3-5-13)12-15(26)9-17(27)24-16/h1-5,8,10,15H,6-7,9,11-12H2,(H,24,27). The third kappa shape index (κ3) is 3.75. The molecule has 27 heavy (non-hydrogen) atoms. The highest BCUT2D eigenvalue weighted by Gasteiger charge is 2.37. The van der Waals surface area contributed by atoms with Crippen LogP contribution in [-0.2, 0) is 17.5 Å². The van der Waals surface area contributed by atoms with Crippen LogP contribution in [-0.4, -0.2) is 41.5 Å². The Hall–Kier alpha value is -2.61. The van der Waals surface area contributed by atoms with Gasteiger partial charge < -0.3 is 10.2 Å². The number of rotatable bonds is 2. The lowest BCUT2D eigenvalue weighted by molar-refractivity contribution is -0.137. The van der Waals surface area contributed by atoms with E-state index < -0.39 is 11.7 Å². The maximum atomic E-state index is 13.0. The first-order valence-electron chi connectivity index (χ1n) is 8.80. The molecule has 1 unspecified atom stereocenters. The molecular weight excluding hydrogens is 357 g/mol. The molecule has 1 atom stereocenters. The number of hydrogen-bond acceptors (Lipinski definition) is 4. The fraction of sp³-hybridized carbons (Fsp3) is 0.368. The zero-order valence-electron chi connectivity index (χ0n) is 14.5. The van der Waals surface area contributed by atoms with Gasteiger partial charge in [0, 0.05) is 38.8 Å². The number of carbonyl (C=O) groups is 1. The fourth-order valence-corrected chi connectivity index (χ4v) is 3.71. The lowest BCUT2D eigenvalue weighted by Crippen LogP contribution is -2.53. The maximum Gasteiger partial charge on any atom is 0.417 e. The van der Waals surface area contributed by atoms with Gasteiger partial charge in [0.25, 0.3) is 0 Å². The van der Waals surface area contributed by atoms with Gasteiger partial charge >= 0.3 is 6.18 Å². The van der Waals surface area contributed by atoms with E-state index in [0.29, 0.717) is 18.9 Å². The monoisotopic (exact) mass is 376 g/mol. The van der Waals surface area contributed by atoms with Crippen molar-refractivity contribution in [2.24, 2.45) is 0 Å². The third-order valence-corrected chi connectivity index (χ3v) is 4.98. The lowest BCUT2D eigenvalue weighted by atomic mass is 10.1. The minimum absolute atomic E-state index is 0.118. The van der Waals surface area contributed by atoms with Gasteiger partial charge in [0.1, 0.15) is 0 Å². The van der Waals surface area contributed by atoms with E-state index in [2.05, 4.69) is 27.3 Å². The number of nitrogens with zero attached hydrogens (tertiary/aromatic N) is 3. The molecule has 3 heterocycles. The molecule has 2 aliphatic heterocycles. The largest absolute Gasteiger partial charge is 0.417 e. The Bertz CT molecular complexity index is 841. The van der Waals surface area contributed by atoms with Crippen LogP contribution >= 0.6 is 0 Å². The van der Waals surface area contributed by atoms with E-state index in [4.69, 9.17) is 0 Å². The van der Waals surface area contributed by atoms with Gasteiger partial charge in [-0.3, -0.25) is 9.69 Å². The Morgan fingerprint density at radius 1 is 1.19 bits per heavy atom. The topological polar surface area (TPSA) is 48.5 Å². The number of nitrogens with one attached hydrogen (secondary N) is 1. The highest BCUT2D eigenvalue weighted by Crippen LogP contribution is 2.36. The van der Waals surface area contributed by atoms with Crippen molar-refractivity contribution in [1.29, 1.82) is 0 Å². The Morgan fingerprint density at radius 3 is 2.70 bits per heavy atom. The second-order valence-electron chi connectivity index (χ2n) is 6.91. The zero-order chi connectivity index (χ0) is 19.0. The molecule has 2 aromatic rings. The number of halogens is 3. The average molecular weight is 376 g/mol. The van der Waals surface area contributed by atoms with Crippen molar-refractivity contribution < 1.29 is 18.0 Å². The SMILES string of the molecule is O=C1CC2CN(Cc3ccccc3)CCN2c2ncc(C(F)(F)F)cc2N1. The van der Waals surface area contributed by atoms with E-state index in [0.717, 1.165) is 25.4 Å². The number of amides is 1. The molecule has 0 saturated carbocycles. The summed E-state index contributed by atoms with van der Waals surface area (Å²) in [6, 6.07) is 10.9. The first-order chi connectivity index (χ1) is 12.9. The van der Waals surface area contributed by atoms with Crippen LogP contribution < -0.4 is 10.2 Å².